The van der Waals surface area contributed by atoms with Crippen molar-refractivity contribution in [3.8, 4) is 5.75 Å². The average Bonchev–Trinajstić information content (AvgIpc) is 2.30. The van der Waals surface area contributed by atoms with Gasteiger partial charge in [-0.25, -0.2) is 4.79 Å². The van der Waals surface area contributed by atoms with Crippen LogP contribution in [0.25, 0.3) is 0 Å². The molecule has 1 unspecified atom stereocenters. The first-order valence-electron chi connectivity index (χ1n) is 5.33. The molecule has 1 amide bonds. The van der Waals surface area contributed by atoms with Crippen LogP contribution in [-0.2, 0) is 16.0 Å². The van der Waals surface area contributed by atoms with E-state index < -0.39 is 12.0 Å². The van der Waals surface area contributed by atoms with E-state index in [-0.39, 0.29) is 24.5 Å². The van der Waals surface area contributed by atoms with Gasteiger partial charge in [0.15, 0.2) is 0 Å². The molecule has 0 fully saturated rings. The Hall–Kier alpha value is -2.04. The Morgan fingerprint density at radius 3 is 2.35 bits per heavy atom. The van der Waals surface area contributed by atoms with Crippen LogP contribution in [0.15, 0.2) is 24.3 Å². The number of carboxylic acids is 1. The monoisotopic (exact) mass is 237 g/mol. The maximum atomic E-state index is 11.2. The third kappa shape index (κ3) is 4.14. The fourth-order valence-corrected chi connectivity index (χ4v) is 1.36. The molecule has 0 radical (unpaired) electrons. The van der Waals surface area contributed by atoms with E-state index in [0.29, 0.717) is 0 Å². The van der Waals surface area contributed by atoms with E-state index in [1.54, 1.807) is 19.1 Å². The van der Waals surface area contributed by atoms with Gasteiger partial charge in [0.05, 0.1) is 0 Å². The predicted octanol–water partition coefficient (Wildman–Crippen LogP) is 0.914. The molecule has 1 aromatic rings. The second kappa shape index (κ2) is 5.89. The van der Waals surface area contributed by atoms with E-state index in [0.717, 1.165) is 5.56 Å². The number of nitrogens with one attached hydrogen (secondary N) is 1. The Kier molecular flexibility index (Phi) is 4.51. The second-order valence-corrected chi connectivity index (χ2v) is 3.68. The Balaban J connectivity index is 2.70. The SMILES string of the molecule is CCC(=O)NC(Cc1ccc(O)cc1)C(=O)O. The van der Waals surface area contributed by atoms with E-state index in [1.807, 2.05) is 0 Å². The smallest absolute Gasteiger partial charge is 0.326 e. The Morgan fingerprint density at radius 1 is 1.29 bits per heavy atom. The van der Waals surface area contributed by atoms with Gasteiger partial charge in [-0.2, -0.15) is 0 Å². The van der Waals surface area contributed by atoms with Gasteiger partial charge < -0.3 is 15.5 Å². The second-order valence-electron chi connectivity index (χ2n) is 3.68. The molecular formula is C12H15NO4. The number of rotatable bonds is 5. The molecule has 17 heavy (non-hydrogen) atoms. The highest BCUT2D eigenvalue weighted by atomic mass is 16.4. The number of hydrogen-bond donors (Lipinski definition) is 3. The van der Waals surface area contributed by atoms with Crippen LogP contribution >= 0.6 is 0 Å². The van der Waals surface area contributed by atoms with Gasteiger partial charge in [0, 0.05) is 12.8 Å². The van der Waals surface area contributed by atoms with E-state index in [2.05, 4.69) is 5.32 Å². The molecule has 0 aliphatic carbocycles. The lowest BCUT2D eigenvalue weighted by atomic mass is 10.1. The lowest BCUT2D eigenvalue weighted by molar-refractivity contribution is -0.141. The van der Waals surface area contributed by atoms with Gasteiger partial charge in [0.1, 0.15) is 11.8 Å². The van der Waals surface area contributed by atoms with E-state index >= 15 is 0 Å². The van der Waals surface area contributed by atoms with Gasteiger partial charge >= 0.3 is 5.97 Å². The molecule has 0 aliphatic heterocycles. The van der Waals surface area contributed by atoms with Gasteiger partial charge in [-0.1, -0.05) is 19.1 Å². The van der Waals surface area contributed by atoms with Gasteiger partial charge in [0.25, 0.3) is 0 Å². The average molecular weight is 237 g/mol. The highest BCUT2D eigenvalue weighted by Crippen LogP contribution is 2.11. The van der Waals surface area contributed by atoms with Crippen molar-refractivity contribution in [1.29, 1.82) is 0 Å². The van der Waals surface area contributed by atoms with Crippen LogP contribution in [0.1, 0.15) is 18.9 Å². The van der Waals surface area contributed by atoms with Crippen molar-refractivity contribution in [2.75, 3.05) is 0 Å². The number of aromatic hydroxyl groups is 1. The van der Waals surface area contributed by atoms with Crippen LogP contribution < -0.4 is 5.32 Å². The zero-order valence-corrected chi connectivity index (χ0v) is 9.51. The highest BCUT2D eigenvalue weighted by molar-refractivity contribution is 5.83. The molecule has 5 nitrogen and oxygen atoms in total. The summed E-state index contributed by atoms with van der Waals surface area (Å²) in [5.41, 5.74) is 0.742. The first-order chi connectivity index (χ1) is 8.02. The summed E-state index contributed by atoms with van der Waals surface area (Å²) in [5, 5.41) is 20.5. The lowest BCUT2D eigenvalue weighted by Gasteiger charge is -2.14. The minimum absolute atomic E-state index is 0.123. The summed E-state index contributed by atoms with van der Waals surface area (Å²) >= 11 is 0. The zero-order valence-electron chi connectivity index (χ0n) is 9.51. The van der Waals surface area contributed by atoms with Gasteiger partial charge in [-0.15, -0.1) is 0 Å². The number of phenolic OH excluding ortho intramolecular Hbond substituents is 1. The fourth-order valence-electron chi connectivity index (χ4n) is 1.36. The van der Waals surface area contributed by atoms with Crippen molar-refractivity contribution in [3.05, 3.63) is 29.8 Å². The molecule has 1 aromatic carbocycles. The summed E-state index contributed by atoms with van der Waals surface area (Å²) in [6.07, 6.45) is 0.445. The van der Waals surface area contributed by atoms with E-state index in [4.69, 9.17) is 10.2 Å². The van der Waals surface area contributed by atoms with Gasteiger partial charge in [-0.3, -0.25) is 4.79 Å². The van der Waals surface area contributed by atoms with E-state index in [1.165, 1.54) is 12.1 Å². The third-order valence-corrected chi connectivity index (χ3v) is 2.33. The fraction of sp³-hybridized carbons (Fsp3) is 0.333. The summed E-state index contributed by atoms with van der Waals surface area (Å²) in [4.78, 5) is 22.1. The molecule has 0 bridgehead atoms. The van der Waals surface area contributed by atoms with Crippen molar-refractivity contribution >= 4 is 11.9 Å². The quantitative estimate of drug-likeness (QED) is 0.710. The maximum Gasteiger partial charge on any atom is 0.326 e. The first-order valence-corrected chi connectivity index (χ1v) is 5.33. The van der Waals surface area contributed by atoms with Crippen LogP contribution in [0.2, 0.25) is 0 Å². The van der Waals surface area contributed by atoms with Crippen molar-refractivity contribution < 1.29 is 19.8 Å². The molecular weight excluding hydrogens is 222 g/mol. The van der Waals surface area contributed by atoms with E-state index in [9.17, 15) is 9.59 Å². The molecule has 0 heterocycles. The Labute approximate surface area is 99.1 Å². The first kappa shape index (κ1) is 13.0. The number of carboxylic acid groups (broad SMARTS) is 1. The number of aliphatic carboxylic acids is 1. The third-order valence-electron chi connectivity index (χ3n) is 2.33. The molecule has 0 saturated carbocycles. The highest BCUT2D eigenvalue weighted by Gasteiger charge is 2.19. The van der Waals surface area contributed by atoms with Crippen molar-refractivity contribution in [2.45, 2.75) is 25.8 Å². The summed E-state index contributed by atoms with van der Waals surface area (Å²) in [7, 11) is 0. The number of hydrogen-bond acceptors (Lipinski definition) is 3. The standard InChI is InChI=1S/C12H15NO4/c1-2-11(15)13-10(12(16)17)7-8-3-5-9(14)6-4-8/h3-6,10,14H,2,7H2,1H3,(H,13,15)(H,16,17). The minimum atomic E-state index is -1.07. The summed E-state index contributed by atoms with van der Waals surface area (Å²) in [6.45, 7) is 1.66. The molecule has 0 saturated heterocycles. The Morgan fingerprint density at radius 2 is 1.88 bits per heavy atom. The molecule has 0 aliphatic rings. The number of benzene rings is 1. The largest absolute Gasteiger partial charge is 0.508 e. The maximum absolute atomic E-state index is 11.2. The molecule has 1 rings (SSSR count). The van der Waals surface area contributed by atoms with Gasteiger partial charge in [-0.05, 0) is 17.7 Å². The van der Waals surface area contributed by atoms with Crippen LogP contribution in [0.3, 0.4) is 0 Å². The van der Waals surface area contributed by atoms with Crippen LogP contribution in [-0.4, -0.2) is 28.1 Å². The van der Waals surface area contributed by atoms with Crippen molar-refractivity contribution in [2.24, 2.45) is 0 Å². The lowest BCUT2D eigenvalue weighted by Crippen LogP contribution is -2.42. The molecule has 1 atom stereocenters. The number of phenols is 1. The van der Waals surface area contributed by atoms with Crippen LogP contribution in [0, 0.1) is 0 Å². The Bertz CT molecular complexity index is 399. The molecule has 0 aromatic heterocycles. The van der Waals surface area contributed by atoms with Crippen LogP contribution in [0.4, 0.5) is 0 Å². The number of carbonyl (C=O) groups excluding carboxylic acids is 1. The van der Waals surface area contributed by atoms with Crippen molar-refractivity contribution in [1.82, 2.24) is 5.32 Å². The van der Waals surface area contributed by atoms with Gasteiger partial charge in [0.2, 0.25) is 5.91 Å². The molecule has 92 valence electrons. The molecule has 0 spiro atoms. The number of carbonyl (C=O) groups is 2. The van der Waals surface area contributed by atoms with Crippen LogP contribution in [0.5, 0.6) is 5.75 Å². The predicted molar refractivity (Wildman–Crippen MR) is 61.7 cm³/mol. The zero-order chi connectivity index (χ0) is 12.8. The van der Waals surface area contributed by atoms with Crippen molar-refractivity contribution in [3.63, 3.8) is 0 Å². The summed E-state index contributed by atoms with van der Waals surface area (Å²) in [5.74, 6) is -1.24. The summed E-state index contributed by atoms with van der Waals surface area (Å²) in [6, 6.07) is 5.28. The molecule has 3 N–H and O–H groups in total. The molecule has 5 heteroatoms. The normalized spacial score (nSPS) is 11.8. The number of amides is 1. The topological polar surface area (TPSA) is 86.6 Å². The summed E-state index contributed by atoms with van der Waals surface area (Å²) < 4.78 is 0. The minimum Gasteiger partial charge on any atom is -0.508 e.